The number of carbonyl (C=O) groups excluding carboxylic acids is 2. The minimum Gasteiger partial charge on any atom is -0.379 e. The van der Waals surface area contributed by atoms with Crippen molar-refractivity contribution in [2.45, 2.75) is 13.3 Å². The monoisotopic (exact) mass is 334 g/mol. The number of ketones is 1. The summed E-state index contributed by atoms with van der Waals surface area (Å²) in [5.41, 5.74) is 0. The molecule has 0 aromatic heterocycles. The van der Waals surface area contributed by atoms with Gasteiger partial charge in [0, 0.05) is 13.2 Å². The first-order valence-electron chi connectivity index (χ1n) is 7.88. The number of carbonyl (C=O) groups is 2. The lowest BCUT2D eigenvalue weighted by Gasteiger charge is -2.08. The maximum Gasteiger partial charge on any atom is 0.246 e. The Bertz CT molecular complexity index is 302. The summed E-state index contributed by atoms with van der Waals surface area (Å²) in [5.74, 6) is -0.369. The van der Waals surface area contributed by atoms with Gasteiger partial charge in [-0.25, -0.2) is 0 Å². The van der Waals surface area contributed by atoms with Crippen LogP contribution >= 0.6 is 0 Å². The van der Waals surface area contributed by atoms with Crippen molar-refractivity contribution >= 4 is 11.7 Å². The second-order valence-electron chi connectivity index (χ2n) is 4.84. The highest BCUT2D eigenvalue weighted by Gasteiger charge is 2.01. The zero-order valence-corrected chi connectivity index (χ0v) is 14.2. The van der Waals surface area contributed by atoms with E-state index in [9.17, 15) is 9.59 Å². The molecule has 0 fully saturated rings. The molecular weight excluding hydrogens is 304 g/mol. The van der Waals surface area contributed by atoms with Crippen LogP contribution in [0.15, 0.2) is 0 Å². The van der Waals surface area contributed by atoms with Gasteiger partial charge in [-0.2, -0.15) is 0 Å². The highest BCUT2D eigenvalue weighted by atomic mass is 16.5. The fourth-order valence-corrected chi connectivity index (χ4v) is 1.49. The van der Waals surface area contributed by atoms with Gasteiger partial charge in [-0.3, -0.25) is 9.59 Å². The van der Waals surface area contributed by atoms with Crippen LogP contribution < -0.4 is 10.6 Å². The topological polar surface area (TPSA) is 95.1 Å². The molecule has 0 spiro atoms. The van der Waals surface area contributed by atoms with E-state index in [1.54, 1.807) is 0 Å². The summed E-state index contributed by atoms with van der Waals surface area (Å²) in [4.78, 5) is 21.9. The van der Waals surface area contributed by atoms with Crippen molar-refractivity contribution in [2.75, 3.05) is 73.0 Å². The Morgan fingerprint density at radius 2 is 1.39 bits per heavy atom. The van der Waals surface area contributed by atoms with E-state index in [2.05, 4.69) is 10.6 Å². The number of amides is 1. The van der Waals surface area contributed by atoms with Crippen molar-refractivity contribution in [3.63, 3.8) is 0 Å². The predicted molar refractivity (Wildman–Crippen MR) is 85.5 cm³/mol. The Morgan fingerprint density at radius 1 is 0.783 bits per heavy atom. The van der Waals surface area contributed by atoms with Gasteiger partial charge in [-0.15, -0.1) is 0 Å². The average Bonchev–Trinajstić information content (AvgIpc) is 2.51. The molecule has 0 bridgehead atoms. The van der Waals surface area contributed by atoms with Gasteiger partial charge in [0.2, 0.25) is 5.91 Å². The van der Waals surface area contributed by atoms with Gasteiger partial charge in [-0.1, -0.05) is 0 Å². The third kappa shape index (κ3) is 18.9. The average molecular weight is 334 g/mol. The van der Waals surface area contributed by atoms with Crippen molar-refractivity contribution in [3.8, 4) is 0 Å². The van der Waals surface area contributed by atoms with Crippen molar-refractivity contribution in [2.24, 2.45) is 0 Å². The molecule has 0 heterocycles. The molecule has 23 heavy (non-hydrogen) atoms. The molecule has 0 saturated carbocycles. The van der Waals surface area contributed by atoms with Gasteiger partial charge in [0.05, 0.1) is 33.0 Å². The molecule has 0 aliphatic carbocycles. The minimum atomic E-state index is -0.262. The molecule has 8 heteroatoms. The first-order valence-corrected chi connectivity index (χ1v) is 7.88. The molecule has 1 amide bonds. The molecule has 0 rings (SSSR count). The maximum atomic E-state index is 11.3. The van der Waals surface area contributed by atoms with E-state index in [0.29, 0.717) is 39.6 Å². The quantitative estimate of drug-likeness (QED) is 0.342. The highest BCUT2D eigenvalue weighted by Crippen LogP contribution is 1.84. The van der Waals surface area contributed by atoms with Gasteiger partial charge in [0.15, 0.2) is 5.78 Å². The summed E-state index contributed by atoms with van der Waals surface area (Å²) in [6.07, 6.45) is 0.991. The summed E-state index contributed by atoms with van der Waals surface area (Å²) in [6.45, 7) is 5.84. The normalized spacial score (nSPS) is 10.7. The Hall–Kier alpha value is -1.06. The van der Waals surface area contributed by atoms with Crippen LogP contribution in [-0.2, 0) is 28.5 Å². The van der Waals surface area contributed by atoms with Crippen LogP contribution in [0.1, 0.15) is 13.3 Å². The van der Waals surface area contributed by atoms with Gasteiger partial charge < -0.3 is 29.6 Å². The van der Waals surface area contributed by atoms with Gasteiger partial charge >= 0.3 is 0 Å². The summed E-state index contributed by atoms with van der Waals surface area (Å²) in [6, 6.07) is 0. The van der Waals surface area contributed by atoms with E-state index in [0.717, 1.165) is 19.6 Å². The number of ether oxygens (including phenoxy) is 4. The largest absolute Gasteiger partial charge is 0.379 e. The Kier molecular flexibility index (Phi) is 16.5. The third-order valence-corrected chi connectivity index (χ3v) is 2.57. The third-order valence-electron chi connectivity index (χ3n) is 2.57. The molecular formula is C15H30N2O6. The van der Waals surface area contributed by atoms with Crippen LogP contribution in [0.5, 0.6) is 0 Å². The molecule has 0 unspecified atom stereocenters. The van der Waals surface area contributed by atoms with Crippen molar-refractivity contribution in [1.82, 2.24) is 10.6 Å². The van der Waals surface area contributed by atoms with Crippen LogP contribution in [0.3, 0.4) is 0 Å². The van der Waals surface area contributed by atoms with E-state index in [1.807, 2.05) is 7.05 Å². The molecule has 0 atom stereocenters. The molecule has 0 aromatic rings. The van der Waals surface area contributed by atoms with E-state index in [1.165, 1.54) is 6.92 Å². The second-order valence-corrected chi connectivity index (χ2v) is 4.84. The van der Waals surface area contributed by atoms with Gasteiger partial charge in [0.1, 0.15) is 13.2 Å². The summed E-state index contributed by atoms with van der Waals surface area (Å²) in [5, 5.41) is 5.68. The predicted octanol–water partition coefficient (Wildman–Crippen LogP) is -0.632. The van der Waals surface area contributed by atoms with Crippen LogP contribution in [0.25, 0.3) is 0 Å². The van der Waals surface area contributed by atoms with E-state index in [-0.39, 0.29) is 24.9 Å². The van der Waals surface area contributed by atoms with Gasteiger partial charge in [0.25, 0.3) is 0 Å². The van der Waals surface area contributed by atoms with Crippen molar-refractivity contribution in [3.05, 3.63) is 0 Å². The molecule has 8 nitrogen and oxygen atoms in total. The fraction of sp³-hybridized carbons (Fsp3) is 0.867. The lowest BCUT2D eigenvalue weighted by Crippen LogP contribution is -2.31. The Labute approximate surface area is 138 Å². The molecule has 136 valence electrons. The van der Waals surface area contributed by atoms with Crippen molar-refractivity contribution < 1.29 is 28.5 Å². The first kappa shape index (κ1) is 21.9. The van der Waals surface area contributed by atoms with Crippen LogP contribution in [0.4, 0.5) is 0 Å². The smallest absolute Gasteiger partial charge is 0.246 e. The molecule has 0 aliphatic heterocycles. The molecule has 0 radical (unpaired) electrons. The summed E-state index contributed by atoms with van der Waals surface area (Å²) < 4.78 is 20.9. The number of hydrogen-bond donors (Lipinski definition) is 2. The van der Waals surface area contributed by atoms with Crippen LogP contribution in [-0.4, -0.2) is 84.7 Å². The Morgan fingerprint density at radius 3 is 2.00 bits per heavy atom. The van der Waals surface area contributed by atoms with Crippen LogP contribution in [0.2, 0.25) is 0 Å². The molecule has 0 aliphatic rings. The van der Waals surface area contributed by atoms with Crippen molar-refractivity contribution in [1.29, 1.82) is 0 Å². The lowest BCUT2D eigenvalue weighted by atomic mass is 10.4. The number of nitrogens with one attached hydrogen (secondary N) is 2. The van der Waals surface area contributed by atoms with Gasteiger partial charge in [-0.05, 0) is 26.9 Å². The number of rotatable bonds is 17. The van der Waals surface area contributed by atoms with E-state index in [4.69, 9.17) is 18.9 Å². The highest BCUT2D eigenvalue weighted by molar-refractivity contribution is 5.79. The van der Waals surface area contributed by atoms with Crippen LogP contribution in [0, 0.1) is 0 Å². The second kappa shape index (κ2) is 17.3. The van der Waals surface area contributed by atoms with E-state index < -0.39 is 0 Å². The Balaban J connectivity index is 3.12. The van der Waals surface area contributed by atoms with E-state index >= 15 is 0 Å². The minimum absolute atomic E-state index is 0.0412. The summed E-state index contributed by atoms with van der Waals surface area (Å²) >= 11 is 0. The maximum absolute atomic E-state index is 11.3. The zero-order valence-electron chi connectivity index (χ0n) is 14.2. The molecule has 0 aromatic carbocycles. The summed E-state index contributed by atoms with van der Waals surface area (Å²) in [7, 11) is 1.91. The number of Topliss-reactive ketones (excluding diaryl/α,β-unsaturated/α-hetero) is 1. The standard InChI is InChI=1S/C15H30N2O6/c1-14(18)12-23-13-15(19)17-5-7-21-9-11-22-10-8-20-6-3-4-16-2/h16H,3-13H2,1-2H3,(H,17,19). The SMILES string of the molecule is CNCCCOCCOCCOCCNC(=O)COCC(C)=O. The fourth-order valence-electron chi connectivity index (χ4n) is 1.49. The zero-order chi connectivity index (χ0) is 17.2. The molecule has 0 saturated heterocycles. The number of hydrogen-bond acceptors (Lipinski definition) is 7. The first-order chi connectivity index (χ1) is 11.2. The molecule has 2 N–H and O–H groups in total. The lowest BCUT2D eigenvalue weighted by molar-refractivity contribution is -0.129.